The molecule has 0 aromatic heterocycles. The van der Waals surface area contributed by atoms with Gasteiger partial charge in [-0.3, -0.25) is 0 Å². The number of ether oxygens (including phenoxy) is 1. The van der Waals surface area contributed by atoms with E-state index in [0.29, 0.717) is 34.5 Å². The molecule has 0 N–H and O–H groups in total. The summed E-state index contributed by atoms with van der Waals surface area (Å²) in [6, 6.07) is 16.1. The largest absolute Gasteiger partial charge is 0.457 e. The van der Waals surface area contributed by atoms with Gasteiger partial charge in [-0.15, -0.1) is 0 Å². The third-order valence-corrected chi connectivity index (χ3v) is 11.9. The molecule has 1 nitrogen and oxygen atoms in total. The highest BCUT2D eigenvalue weighted by atomic mass is 19.2. The molecule has 6 rings (SSSR count). The van der Waals surface area contributed by atoms with E-state index in [1.165, 1.54) is 50.7 Å². The van der Waals surface area contributed by atoms with Crippen LogP contribution in [-0.2, 0) is 12.8 Å². The van der Waals surface area contributed by atoms with Gasteiger partial charge in [0.05, 0.1) is 0 Å². The summed E-state index contributed by atoms with van der Waals surface area (Å²) in [6.45, 7) is 4.43. The molecule has 2 aliphatic rings. The highest BCUT2D eigenvalue weighted by Gasteiger charge is 2.26. The standard InChI is InChI=1S/C46H52F6O/c1-3-5-7-29-9-13-31(14-10-29)33-19-23-41(37(25-33)27-35-17-21-39(47)45(51)43(35)49)53-42-24-20-34(32-15-11-30(12-16-32)8-6-4-2)26-38(42)28-36-18-22-40(48)46(52)44(36)50/h17-26,29-32H,3-16,27-28H2,1-2H3. The van der Waals surface area contributed by atoms with Gasteiger partial charge in [-0.25, -0.2) is 26.3 Å². The van der Waals surface area contributed by atoms with Crippen LogP contribution in [0.15, 0.2) is 60.7 Å². The summed E-state index contributed by atoms with van der Waals surface area (Å²) in [6.07, 6.45) is 16.0. The summed E-state index contributed by atoms with van der Waals surface area (Å²) < 4.78 is 93.3. The summed E-state index contributed by atoms with van der Waals surface area (Å²) in [4.78, 5) is 0. The molecule has 0 radical (unpaired) electrons. The molecule has 0 amide bonds. The molecule has 0 atom stereocenters. The van der Waals surface area contributed by atoms with Gasteiger partial charge in [-0.2, -0.15) is 0 Å². The third kappa shape index (κ3) is 9.50. The Morgan fingerprint density at radius 1 is 0.472 bits per heavy atom. The molecule has 0 aliphatic heterocycles. The molecule has 4 aromatic rings. The summed E-state index contributed by atoms with van der Waals surface area (Å²) in [5.74, 6) is -5.10. The molecule has 4 aromatic carbocycles. The maximum atomic E-state index is 15.1. The number of benzene rings is 4. The van der Waals surface area contributed by atoms with E-state index < -0.39 is 34.9 Å². The third-order valence-electron chi connectivity index (χ3n) is 11.9. The Morgan fingerprint density at radius 2 is 0.868 bits per heavy atom. The molecule has 0 bridgehead atoms. The van der Waals surface area contributed by atoms with Crippen LogP contribution in [0.5, 0.6) is 11.5 Å². The molecule has 284 valence electrons. The topological polar surface area (TPSA) is 9.23 Å². The van der Waals surface area contributed by atoms with Crippen molar-refractivity contribution in [2.45, 2.75) is 128 Å². The Kier molecular flexibility index (Phi) is 13.3. The Bertz CT molecular complexity index is 1700. The van der Waals surface area contributed by atoms with Crippen LogP contribution in [0, 0.1) is 46.7 Å². The van der Waals surface area contributed by atoms with Crippen molar-refractivity contribution < 1.29 is 31.1 Å². The SMILES string of the molecule is CCCCC1CCC(c2ccc(Oc3ccc(C4CCC(CCCC)CC4)cc3Cc3ccc(F)c(F)c3F)c(Cc3ccc(F)c(F)c3F)c2)CC1. The van der Waals surface area contributed by atoms with Gasteiger partial charge in [0.15, 0.2) is 34.9 Å². The van der Waals surface area contributed by atoms with Gasteiger partial charge in [0.1, 0.15) is 11.5 Å². The van der Waals surface area contributed by atoms with Crippen LogP contribution in [0.3, 0.4) is 0 Å². The second-order valence-corrected chi connectivity index (χ2v) is 15.6. The quantitative estimate of drug-likeness (QED) is 0.0926. The zero-order chi connectivity index (χ0) is 37.5. The predicted molar refractivity (Wildman–Crippen MR) is 200 cm³/mol. The molecule has 0 saturated heterocycles. The Balaban J connectivity index is 1.33. The Morgan fingerprint density at radius 3 is 1.25 bits per heavy atom. The lowest BCUT2D eigenvalue weighted by Gasteiger charge is -2.30. The minimum Gasteiger partial charge on any atom is -0.457 e. The van der Waals surface area contributed by atoms with Crippen LogP contribution in [-0.4, -0.2) is 0 Å². The van der Waals surface area contributed by atoms with Crippen molar-refractivity contribution in [3.05, 3.63) is 129 Å². The monoisotopic (exact) mass is 734 g/mol. The first-order chi connectivity index (χ1) is 25.6. The van der Waals surface area contributed by atoms with Crippen LogP contribution in [0.2, 0.25) is 0 Å². The van der Waals surface area contributed by atoms with Crippen LogP contribution >= 0.6 is 0 Å². The van der Waals surface area contributed by atoms with E-state index in [0.717, 1.165) is 86.5 Å². The van der Waals surface area contributed by atoms with Crippen LogP contribution in [0.25, 0.3) is 0 Å². The first-order valence-electron chi connectivity index (χ1n) is 19.8. The van der Waals surface area contributed by atoms with Gasteiger partial charge < -0.3 is 4.74 Å². The molecular weight excluding hydrogens is 682 g/mol. The summed E-state index contributed by atoms with van der Waals surface area (Å²) in [5, 5.41) is 0. The number of unbranched alkanes of at least 4 members (excludes halogenated alkanes) is 2. The summed E-state index contributed by atoms with van der Waals surface area (Å²) >= 11 is 0. The fourth-order valence-corrected chi connectivity index (χ4v) is 8.67. The van der Waals surface area contributed by atoms with Gasteiger partial charge in [-0.1, -0.05) is 88.8 Å². The Hall–Kier alpha value is -3.74. The lowest BCUT2D eigenvalue weighted by molar-refractivity contribution is 0.304. The number of hydrogen-bond donors (Lipinski definition) is 0. The van der Waals surface area contributed by atoms with E-state index in [1.807, 2.05) is 36.4 Å². The van der Waals surface area contributed by atoms with E-state index in [9.17, 15) is 17.6 Å². The minimum absolute atomic E-state index is 0.00291. The van der Waals surface area contributed by atoms with Crippen molar-refractivity contribution in [2.75, 3.05) is 0 Å². The molecule has 7 heteroatoms. The zero-order valence-corrected chi connectivity index (χ0v) is 31.1. The van der Waals surface area contributed by atoms with Crippen molar-refractivity contribution in [1.29, 1.82) is 0 Å². The van der Waals surface area contributed by atoms with Crippen molar-refractivity contribution >= 4 is 0 Å². The van der Waals surface area contributed by atoms with E-state index >= 15 is 8.78 Å². The van der Waals surface area contributed by atoms with E-state index in [2.05, 4.69) is 13.8 Å². The number of rotatable bonds is 14. The van der Waals surface area contributed by atoms with Crippen LogP contribution in [0.1, 0.15) is 149 Å². The van der Waals surface area contributed by atoms with Crippen molar-refractivity contribution in [1.82, 2.24) is 0 Å². The molecular formula is C46H52F6O. The van der Waals surface area contributed by atoms with Gasteiger partial charge in [0.25, 0.3) is 0 Å². The van der Waals surface area contributed by atoms with Crippen LogP contribution < -0.4 is 4.74 Å². The van der Waals surface area contributed by atoms with Gasteiger partial charge in [0, 0.05) is 12.8 Å². The normalized spacial score (nSPS) is 20.5. The number of halogens is 6. The van der Waals surface area contributed by atoms with Gasteiger partial charge in [0.2, 0.25) is 0 Å². The van der Waals surface area contributed by atoms with E-state index in [1.54, 1.807) is 0 Å². The van der Waals surface area contributed by atoms with E-state index in [-0.39, 0.29) is 24.0 Å². The Labute approximate surface area is 311 Å². The fourth-order valence-electron chi connectivity index (χ4n) is 8.67. The predicted octanol–water partition coefficient (Wildman–Crippen LogP) is 14.4. The molecule has 0 spiro atoms. The molecule has 2 fully saturated rings. The summed E-state index contributed by atoms with van der Waals surface area (Å²) in [5.41, 5.74) is 3.42. The molecule has 0 heterocycles. The average Bonchev–Trinajstić information content (AvgIpc) is 3.18. The lowest BCUT2D eigenvalue weighted by atomic mass is 9.76. The minimum atomic E-state index is -1.52. The smallest absolute Gasteiger partial charge is 0.194 e. The first kappa shape index (κ1) is 39.0. The van der Waals surface area contributed by atoms with Gasteiger partial charge in [-0.05, 0) is 133 Å². The maximum absolute atomic E-state index is 15.1. The van der Waals surface area contributed by atoms with Crippen LogP contribution in [0.4, 0.5) is 26.3 Å². The zero-order valence-electron chi connectivity index (χ0n) is 31.1. The highest BCUT2D eigenvalue weighted by molar-refractivity contribution is 5.48. The maximum Gasteiger partial charge on any atom is 0.194 e. The summed E-state index contributed by atoms with van der Waals surface area (Å²) in [7, 11) is 0. The highest BCUT2D eigenvalue weighted by Crippen LogP contribution is 2.42. The average molecular weight is 735 g/mol. The number of hydrogen-bond acceptors (Lipinski definition) is 1. The first-order valence-corrected chi connectivity index (χ1v) is 19.8. The second kappa shape index (κ2) is 18.1. The van der Waals surface area contributed by atoms with Gasteiger partial charge >= 0.3 is 0 Å². The van der Waals surface area contributed by atoms with Crippen molar-refractivity contribution in [2.24, 2.45) is 11.8 Å². The van der Waals surface area contributed by atoms with Crippen molar-refractivity contribution in [3.8, 4) is 11.5 Å². The molecule has 2 saturated carbocycles. The fraction of sp³-hybridized carbons (Fsp3) is 0.478. The lowest BCUT2D eigenvalue weighted by Crippen LogP contribution is -2.14. The molecule has 2 aliphatic carbocycles. The van der Waals surface area contributed by atoms with Crippen molar-refractivity contribution in [3.63, 3.8) is 0 Å². The molecule has 0 unspecified atom stereocenters. The molecule has 53 heavy (non-hydrogen) atoms. The second-order valence-electron chi connectivity index (χ2n) is 15.6. The van der Waals surface area contributed by atoms with E-state index in [4.69, 9.17) is 4.74 Å².